The maximum Gasteiger partial charge on any atom is 0.206 e. The molecular weight excluding hydrogens is 322 g/mol. The van der Waals surface area contributed by atoms with E-state index in [1.54, 1.807) is 36.6 Å². The Kier molecular flexibility index (Phi) is 5.04. The van der Waals surface area contributed by atoms with Crippen molar-refractivity contribution >= 4 is 17.6 Å². The number of hydrogen-bond acceptors (Lipinski definition) is 5. The van der Waals surface area contributed by atoms with Crippen LogP contribution in [0, 0.1) is 13.8 Å². The molecule has 128 valence electrons. The van der Waals surface area contributed by atoms with Gasteiger partial charge >= 0.3 is 0 Å². The van der Waals surface area contributed by atoms with Crippen LogP contribution in [0.25, 0.3) is 0 Å². The van der Waals surface area contributed by atoms with Crippen LogP contribution in [0.3, 0.4) is 0 Å². The van der Waals surface area contributed by atoms with E-state index in [9.17, 15) is 10.2 Å². The third-order valence-corrected chi connectivity index (χ3v) is 5.41. The Morgan fingerprint density at radius 2 is 1.92 bits per heavy atom. The van der Waals surface area contributed by atoms with Crippen LogP contribution in [0.15, 0.2) is 27.6 Å². The van der Waals surface area contributed by atoms with Crippen molar-refractivity contribution in [2.24, 2.45) is 10.1 Å². The summed E-state index contributed by atoms with van der Waals surface area (Å²) in [6.45, 7) is 3.67. The van der Waals surface area contributed by atoms with Gasteiger partial charge in [0.25, 0.3) is 0 Å². The van der Waals surface area contributed by atoms with Crippen molar-refractivity contribution in [3.05, 3.63) is 39.1 Å². The molecule has 2 aromatic rings. The van der Waals surface area contributed by atoms with E-state index in [4.69, 9.17) is 4.99 Å². The zero-order valence-corrected chi connectivity index (χ0v) is 14.9. The molecule has 0 radical (unpaired) electrons. The number of aromatic hydroxyl groups is 2. The van der Waals surface area contributed by atoms with E-state index in [2.05, 4.69) is 5.10 Å². The molecule has 1 saturated carbocycles. The molecule has 0 spiro atoms. The maximum absolute atomic E-state index is 10.1. The monoisotopic (exact) mass is 345 g/mol. The molecule has 2 N–H and O–H groups in total. The highest BCUT2D eigenvalue weighted by Crippen LogP contribution is 2.28. The molecule has 6 heteroatoms. The molecule has 1 fully saturated rings. The summed E-state index contributed by atoms with van der Waals surface area (Å²) in [5.41, 5.74) is 2.05. The van der Waals surface area contributed by atoms with Gasteiger partial charge in [-0.25, -0.2) is 4.68 Å². The lowest BCUT2D eigenvalue weighted by molar-refractivity contribution is 0.435. The Hall–Kier alpha value is -2.08. The topological polar surface area (TPSA) is 70.1 Å². The molecule has 1 aliphatic rings. The predicted octanol–water partition coefficient (Wildman–Crippen LogP) is 3.69. The molecule has 0 atom stereocenters. The smallest absolute Gasteiger partial charge is 0.206 e. The first-order chi connectivity index (χ1) is 11.6. The SMILES string of the molecule is Cc1c(O)ccc(/C=N/n2c(C)csc2=NC2CCCCC2)c1O. The quantitative estimate of drug-likeness (QED) is 0.833. The van der Waals surface area contributed by atoms with E-state index >= 15 is 0 Å². The molecule has 24 heavy (non-hydrogen) atoms. The summed E-state index contributed by atoms with van der Waals surface area (Å²) >= 11 is 1.59. The highest BCUT2D eigenvalue weighted by atomic mass is 32.1. The Bertz CT molecular complexity index is 814. The Morgan fingerprint density at radius 1 is 1.17 bits per heavy atom. The van der Waals surface area contributed by atoms with E-state index in [0.717, 1.165) is 23.3 Å². The number of phenols is 2. The van der Waals surface area contributed by atoms with E-state index in [0.29, 0.717) is 17.2 Å². The van der Waals surface area contributed by atoms with Crippen LogP contribution in [-0.4, -0.2) is 27.1 Å². The van der Waals surface area contributed by atoms with Crippen molar-refractivity contribution in [3.8, 4) is 11.5 Å². The van der Waals surface area contributed by atoms with Gasteiger partial charge in [0.15, 0.2) is 0 Å². The van der Waals surface area contributed by atoms with E-state index < -0.39 is 0 Å². The third kappa shape index (κ3) is 3.53. The Morgan fingerprint density at radius 3 is 2.67 bits per heavy atom. The van der Waals surface area contributed by atoms with Crippen molar-refractivity contribution in [2.75, 3.05) is 0 Å². The molecule has 0 aliphatic heterocycles. The van der Waals surface area contributed by atoms with Gasteiger partial charge in [0.05, 0.1) is 18.0 Å². The fraction of sp³-hybridized carbons (Fsp3) is 0.444. The molecule has 0 amide bonds. The van der Waals surface area contributed by atoms with Crippen molar-refractivity contribution in [1.29, 1.82) is 0 Å². The van der Waals surface area contributed by atoms with Crippen LogP contribution in [0.4, 0.5) is 0 Å². The van der Waals surface area contributed by atoms with E-state index in [-0.39, 0.29) is 11.5 Å². The molecule has 3 rings (SSSR count). The minimum absolute atomic E-state index is 0.0537. The van der Waals surface area contributed by atoms with Crippen molar-refractivity contribution < 1.29 is 10.2 Å². The summed E-state index contributed by atoms with van der Waals surface area (Å²) < 4.78 is 1.82. The highest BCUT2D eigenvalue weighted by molar-refractivity contribution is 7.07. The first kappa shape index (κ1) is 16.8. The van der Waals surface area contributed by atoms with Gasteiger partial charge in [-0.15, -0.1) is 11.3 Å². The van der Waals surface area contributed by atoms with Crippen molar-refractivity contribution in [1.82, 2.24) is 4.68 Å². The van der Waals surface area contributed by atoms with Crippen LogP contribution >= 0.6 is 11.3 Å². The van der Waals surface area contributed by atoms with Crippen LogP contribution in [0.5, 0.6) is 11.5 Å². The first-order valence-electron chi connectivity index (χ1n) is 8.33. The summed E-state index contributed by atoms with van der Waals surface area (Å²) in [4.78, 5) is 5.76. The van der Waals surface area contributed by atoms with Gasteiger partial charge in [0, 0.05) is 16.5 Å². The summed E-state index contributed by atoms with van der Waals surface area (Å²) in [7, 11) is 0. The zero-order valence-electron chi connectivity index (χ0n) is 14.1. The molecule has 1 aliphatic carbocycles. The van der Waals surface area contributed by atoms with Gasteiger partial charge in [-0.2, -0.15) is 5.10 Å². The zero-order chi connectivity index (χ0) is 17.1. The number of aromatic nitrogens is 1. The second-order valence-electron chi connectivity index (χ2n) is 6.28. The number of phenolic OH excluding ortho intramolecular Hbond substituents is 2. The minimum atomic E-state index is 0.0537. The molecule has 5 nitrogen and oxygen atoms in total. The minimum Gasteiger partial charge on any atom is -0.508 e. The van der Waals surface area contributed by atoms with Crippen LogP contribution in [0.1, 0.15) is 48.9 Å². The fourth-order valence-corrected chi connectivity index (χ4v) is 3.79. The van der Waals surface area contributed by atoms with Gasteiger partial charge in [0.2, 0.25) is 4.80 Å². The normalized spacial score (nSPS) is 17.0. The number of rotatable bonds is 3. The number of thiazole rings is 1. The number of benzene rings is 1. The van der Waals surface area contributed by atoms with Gasteiger partial charge < -0.3 is 10.2 Å². The Labute approximate surface area is 145 Å². The molecule has 0 bridgehead atoms. The lowest BCUT2D eigenvalue weighted by atomic mass is 9.96. The number of nitrogens with zero attached hydrogens (tertiary/aromatic N) is 3. The van der Waals surface area contributed by atoms with Gasteiger partial charge in [-0.3, -0.25) is 4.99 Å². The number of hydrogen-bond donors (Lipinski definition) is 2. The first-order valence-corrected chi connectivity index (χ1v) is 9.21. The van der Waals surface area contributed by atoms with Crippen molar-refractivity contribution in [2.45, 2.75) is 52.0 Å². The molecule has 1 aromatic carbocycles. The van der Waals surface area contributed by atoms with Gasteiger partial charge in [0.1, 0.15) is 11.5 Å². The van der Waals surface area contributed by atoms with Crippen LogP contribution in [-0.2, 0) is 0 Å². The standard InChI is InChI=1S/C18H23N3O2S/c1-12-11-24-18(20-15-6-4-3-5-7-15)21(12)19-10-14-8-9-16(22)13(2)17(14)23/h8-11,15,22-23H,3-7H2,1-2H3/b19-10+,20-18?. The van der Waals surface area contributed by atoms with Crippen LogP contribution in [0.2, 0.25) is 0 Å². The molecule has 1 heterocycles. The lowest BCUT2D eigenvalue weighted by Gasteiger charge is -2.16. The average Bonchev–Trinajstić information content (AvgIpc) is 2.93. The fourth-order valence-electron chi connectivity index (χ4n) is 2.92. The molecule has 0 saturated heterocycles. The summed E-state index contributed by atoms with van der Waals surface area (Å²) in [6.07, 6.45) is 7.73. The third-order valence-electron chi connectivity index (χ3n) is 4.46. The highest BCUT2D eigenvalue weighted by Gasteiger charge is 2.12. The van der Waals surface area contributed by atoms with Gasteiger partial charge in [-0.1, -0.05) is 19.3 Å². The largest absolute Gasteiger partial charge is 0.508 e. The summed E-state index contributed by atoms with van der Waals surface area (Å²) in [5.74, 6) is 0.134. The predicted molar refractivity (Wildman–Crippen MR) is 97.0 cm³/mol. The van der Waals surface area contributed by atoms with E-state index in [1.165, 1.54) is 19.3 Å². The van der Waals surface area contributed by atoms with Crippen molar-refractivity contribution in [3.63, 3.8) is 0 Å². The summed E-state index contributed by atoms with van der Waals surface area (Å²) in [5, 5.41) is 26.3. The van der Waals surface area contributed by atoms with Crippen LogP contribution < -0.4 is 4.80 Å². The van der Waals surface area contributed by atoms with Gasteiger partial charge in [-0.05, 0) is 38.8 Å². The lowest BCUT2D eigenvalue weighted by Crippen LogP contribution is -2.19. The molecular formula is C18H23N3O2S. The average molecular weight is 345 g/mol. The second kappa shape index (κ2) is 7.21. The Balaban J connectivity index is 1.92. The number of aryl methyl sites for hydroxylation is 1. The summed E-state index contributed by atoms with van der Waals surface area (Å²) in [6, 6.07) is 3.61. The maximum atomic E-state index is 10.1. The second-order valence-corrected chi connectivity index (χ2v) is 7.12. The molecule has 1 aromatic heterocycles. The van der Waals surface area contributed by atoms with E-state index in [1.807, 2.05) is 17.0 Å². The molecule has 0 unspecified atom stereocenters.